The van der Waals surface area contributed by atoms with E-state index in [-0.39, 0.29) is 23.6 Å². The van der Waals surface area contributed by atoms with Gasteiger partial charge in [0.1, 0.15) is 11.6 Å². The van der Waals surface area contributed by atoms with Crippen molar-refractivity contribution in [3.63, 3.8) is 0 Å². The molecule has 5 nitrogen and oxygen atoms in total. The Kier molecular flexibility index (Phi) is 6.77. The number of amides is 1. The SMILES string of the molecule is O=C(c1ccc(F)cc1)N(CC1CC1)C[C@@H]1CN(C(=S)Nc2ccc(F)cc2)CCO1. The van der Waals surface area contributed by atoms with Gasteiger partial charge in [-0.1, -0.05) is 0 Å². The molecule has 1 aliphatic heterocycles. The van der Waals surface area contributed by atoms with Gasteiger partial charge in [0.25, 0.3) is 5.91 Å². The lowest BCUT2D eigenvalue weighted by molar-refractivity contribution is -0.0209. The van der Waals surface area contributed by atoms with Gasteiger partial charge in [0.15, 0.2) is 5.11 Å². The van der Waals surface area contributed by atoms with Crippen molar-refractivity contribution in [2.24, 2.45) is 5.92 Å². The number of rotatable bonds is 6. The van der Waals surface area contributed by atoms with E-state index in [0.717, 1.165) is 18.5 Å². The zero-order valence-corrected chi connectivity index (χ0v) is 17.9. The van der Waals surface area contributed by atoms with Gasteiger partial charge >= 0.3 is 0 Å². The van der Waals surface area contributed by atoms with Crippen molar-refractivity contribution in [3.8, 4) is 0 Å². The summed E-state index contributed by atoms with van der Waals surface area (Å²) in [4.78, 5) is 16.9. The number of halogens is 2. The molecule has 0 aromatic heterocycles. The molecule has 164 valence electrons. The molecule has 0 bridgehead atoms. The van der Waals surface area contributed by atoms with Crippen LogP contribution in [0.5, 0.6) is 0 Å². The highest BCUT2D eigenvalue weighted by Crippen LogP contribution is 2.30. The molecule has 1 heterocycles. The zero-order valence-electron chi connectivity index (χ0n) is 17.1. The smallest absolute Gasteiger partial charge is 0.253 e. The van der Waals surface area contributed by atoms with E-state index in [4.69, 9.17) is 17.0 Å². The van der Waals surface area contributed by atoms with Gasteiger partial charge in [-0.3, -0.25) is 4.79 Å². The second kappa shape index (κ2) is 9.70. The van der Waals surface area contributed by atoms with Gasteiger partial charge < -0.3 is 19.9 Å². The molecule has 31 heavy (non-hydrogen) atoms. The van der Waals surface area contributed by atoms with Crippen LogP contribution in [0.2, 0.25) is 0 Å². The summed E-state index contributed by atoms with van der Waals surface area (Å²) in [5, 5.41) is 3.67. The molecule has 1 saturated heterocycles. The van der Waals surface area contributed by atoms with E-state index in [9.17, 15) is 13.6 Å². The summed E-state index contributed by atoms with van der Waals surface area (Å²) >= 11 is 5.53. The van der Waals surface area contributed by atoms with E-state index in [1.165, 1.54) is 36.4 Å². The Balaban J connectivity index is 1.38. The van der Waals surface area contributed by atoms with Gasteiger partial charge in [0.2, 0.25) is 0 Å². The van der Waals surface area contributed by atoms with Crippen LogP contribution in [0.15, 0.2) is 48.5 Å². The summed E-state index contributed by atoms with van der Waals surface area (Å²) in [6.45, 7) is 2.80. The number of ether oxygens (including phenoxy) is 1. The predicted molar refractivity (Wildman–Crippen MR) is 119 cm³/mol. The fraction of sp³-hybridized carbons (Fsp3) is 0.391. The first-order valence-electron chi connectivity index (χ1n) is 10.5. The first-order valence-corrected chi connectivity index (χ1v) is 10.9. The minimum Gasteiger partial charge on any atom is -0.373 e. The van der Waals surface area contributed by atoms with Crippen LogP contribution in [0.3, 0.4) is 0 Å². The van der Waals surface area contributed by atoms with Gasteiger partial charge in [0, 0.05) is 37.4 Å². The van der Waals surface area contributed by atoms with E-state index in [1.54, 1.807) is 12.1 Å². The van der Waals surface area contributed by atoms with E-state index in [2.05, 4.69) is 5.32 Å². The zero-order chi connectivity index (χ0) is 21.8. The predicted octanol–water partition coefficient (Wildman–Crippen LogP) is 3.91. The van der Waals surface area contributed by atoms with Crippen molar-refractivity contribution in [1.29, 1.82) is 0 Å². The minimum atomic E-state index is -0.362. The molecule has 1 amide bonds. The summed E-state index contributed by atoms with van der Waals surface area (Å²) < 4.78 is 32.3. The summed E-state index contributed by atoms with van der Waals surface area (Å²) in [5.74, 6) is -0.256. The van der Waals surface area contributed by atoms with Gasteiger partial charge in [-0.05, 0) is 79.5 Å². The minimum absolute atomic E-state index is 0.111. The number of anilines is 1. The quantitative estimate of drug-likeness (QED) is 0.683. The van der Waals surface area contributed by atoms with Crippen LogP contribution in [0.1, 0.15) is 23.2 Å². The van der Waals surface area contributed by atoms with E-state index in [0.29, 0.717) is 49.4 Å². The van der Waals surface area contributed by atoms with Crippen molar-refractivity contribution in [1.82, 2.24) is 9.80 Å². The van der Waals surface area contributed by atoms with Crippen molar-refractivity contribution >= 4 is 28.9 Å². The average Bonchev–Trinajstić information content (AvgIpc) is 3.59. The maximum absolute atomic E-state index is 13.3. The molecule has 2 aliphatic rings. The molecule has 1 N–H and O–H groups in total. The Morgan fingerprint density at radius 1 is 1.06 bits per heavy atom. The van der Waals surface area contributed by atoms with Crippen molar-refractivity contribution < 1.29 is 18.3 Å². The molecule has 4 rings (SSSR count). The molecule has 8 heteroatoms. The van der Waals surface area contributed by atoms with Crippen LogP contribution in [0, 0.1) is 17.6 Å². The van der Waals surface area contributed by atoms with Crippen LogP contribution in [0.25, 0.3) is 0 Å². The van der Waals surface area contributed by atoms with Crippen molar-refractivity contribution in [3.05, 3.63) is 65.7 Å². The number of hydrogen-bond donors (Lipinski definition) is 1. The monoisotopic (exact) mass is 445 g/mol. The molecule has 1 aliphatic carbocycles. The standard InChI is InChI=1S/C23H25F2N3O2S/c24-18-5-3-17(4-6-18)22(29)28(13-16-1-2-16)15-21-14-27(11-12-30-21)23(31)26-20-9-7-19(25)8-10-20/h3-10,16,21H,1-2,11-15H2,(H,26,31)/t21-/m0/s1. The van der Waals surface area contributed by atoms with Gasteiger partial charge in [-0.2, -0.15) is 0 Å². The van der Waals surface area contributed by atoms with Crippen LogP contribution in [-0.4, -0.2) is 59.7 Å². The Morgan fingerprint density at radius 3 is 2.35 bits per heavy atom. The lowest BCUT2D eigenvalue weighted by atomic mass is 10.1. The molecule has 0 spiro atoms. The Bertz CT molecular complexity index is 919. The average molecular weight is 446 g/mol. The number of nitrogens with zero attached hydrogens (tertiary/aromatic N) is 2. The van der Waals surface area contributed by atoms with Crippen LogP contribution in [0.4, 0.5) is 14.5 Å². The second-order valence-corrected chi connectivity index (χ2v) is 8.42. The van der Waals surface area contributed by atoms with Crippen LogP contribution < -0.4 is 5.32 Å². The fourth-order valence-corrected chi connectivity index (χ4v) is 3.91. The largest absolute Gasteiger partial charge is 0.373 e. The lowest BCUT2D eigenvalue weighted by Crippen LogP contribution is -2.51. The maximum atomic E-state index is 13.3. The van der Waals surface area contributed by atoms with E-state index >= 15 is 0 Å². The molecule has 0 radical (unpaired) electrons. The highest BCUT2D eigenvalue weighted by molar-refractivity contribution is 7.80. The molecule has 2 fully saturated rings. The lowest BCUT2D eigenvalue weighted by Gasteiger charge is -2.37. The van der Waals surface area contributed by atoms with Gasteiger partial charge in [-0.25, -0.2) is 8.78 Å². The molecule has 1 saturated carbocycles. The Hall–Kier alpha value is -2.58. The van der Waals surface area contributed by atoms with E-state index in [1.807, 2.05) is 9.80 Å². The Morgan fingerprint density at radius 2 is 1.71 bits per heavy atom. The van der Waals surface area contributed by atoms with E-state index < -0.39 is 0 Å². The van der Waals surface area contributed by atoms with Crippen LogP contribution >= 0.6 is 12.2 Å². The maximum Gasteiger partial charge on any atom is 0.253 e. The topological polar surface area (TPSA) is 44.8 Å². The summed E-state index contributed by atoms with van der Waals surface area (Å²) in [6, 6.07) is 11.7. The third-order valence-electron chi connectivity index (χ3n) is 5.50. The molecule has 0 unspecified atom stereocenters. The molecule has 2 aromatic carbocycles. The summed E-state index contributed by atoms with van der Waals surface area (Å²) in [5.41, 5.74) is 1.19. The number of benzene rings is 2. The number of morpholine rings is 1. The first kappa shape index (κ1) is 21.6. The third kappa shape index (κ3) is 5.98. The fourth-order valence-electron chi connectivity index (χ4n) is 3.62. The highest BCUT2D eigenvalue weighted by atomic mass is 32.1. The molecular formula is C23H25F2N3O2S. The number of carbonyl (C=O) groups excluding carboxylic acids is 1. The van der Waals surface area contributed by atoms with Crippen LogP contribution in [-0.2, 0) is 4.74 Å². The number of hydrogen-bond acceptors (Lipinski definition) is 3. The van der Waals surface area contributed by atoms with Gasteiger partial charge in [0.05, 0.1) is 12.7 Å². The van der Waals surface area contributed by atoms with Gasteiger partial charge in [-0.15, -0.1) is 0 Å². The Labute approximate surface area is 186 Å². The second-order valence-electron chi connectivity index (χ2n) is 8.04. The first-order chi connectivity index (χ1) is 15.0. The number of thiocarbonyl (C=S) groups is 1. The number of nitrogens with one attached hydrogen (secondary N) is 1. The summed E-state index contributed by atoms with van der Waals surface area (Å²) in [7, 11) is 0. The van der Waals surface area contributed by atoms with Crippen molar-refractivity contribution in [2.45, 2.75) is 18.9 Å². The summed E-state index contributed by atoms with van der Waals surface area (Å²) in [6.07, 6.45) is 2.05. The third-order valence-corrected chi connectivity index (χ3v) is 5.86. The molecular weight excluding hydrogens is 420 g/mol. The molecule has 1 atom stereocenters. The van der Waals surface area contributed by atoms with Crippen molar-refractivity contribution in [2.75, 3.05) is 38.1 Å². The number of carbonyl (C=O) groups is 1. The normalized spacial score (nSPS) is 18.5. The highest BCUT2D eigenvalue weighted by Gasteiger charge is 2.31. The molecule has 2 aromatic rings.